The van der Waals surface area contributed by atoms with Crippen molar-refractivity contribution in [2.45, 2.75) is 13.3 Å². The number of rotatable bonds is 2. The topological polar surface area (TPSA) is 62.8 Å². The SMILES string of the molecule is Cc1n[nH]c2ccnc(Nc3cccc4c3OCC4)c12. The van der Waals surface area contributed by atoms with E-state index < -0.39 is 0 Å². The van der Waals surface area contributed by atoms with Crippen LogP contribution in [0.1, 0.15) is 11.3 Å². The fraction of sp³-hybridized carbons (Fsp3) is 0.200. The summed E-state index contributed by atoms with van der Waals surface area (Å²) in [6.07, 6.45) is 2.74. The molecular formula is C15H14N4O. The van der Waals surface area contributed by atoms with Crippen LogP contribution in [0.3, 0.4) is 0 Å². The molecule has 0 unspecified atom stereocenters. The minimum absolute atomic E-state index is 0.746. The Morgan fingerprint density at radius 2 is 2.25 bits per heavy atom. The maximum absolute atomic E-state index is 5.71. The number of aryl methyl sites for hydroxylation is 1. The predicted molar refractivity (Wildman–Crippen MR) is 77.5 cm³/mol. The Labute approximate surface area is 116 Å². The zero-order valence-electron chi connectivity index (χ0n) is 11.1. The first kappa shape index (κ1) is 11.3. The number of hydrogen-bond donors (Lipinski definition) is 2. The molecule has 1 aliphatic rings. The number of anilines is 2. The van der Waals surface area contributed by atoms with E-state index >= 15 is 0 Å². The number of para-hydroxylation sites is 1. The van der Waals surface area contributed by atoms with E-state index in [-0.39, 0.29) is 0 Å². The van der Waals surface area contributed by atoms with Gasteiger partial charge in [-0.25, -0.2) is 4.98 Å². The van der Waals surface area contributed by atoms with E-state index in [1.807, 2.05) is 25.1 Å². The highest BCUT2D eigenvalue weighted by Crippen LogP contribution is 2.36. The van der Waals surface area contributed by atoms with Crippen LogP contribution in [-0.2, 0) is 6.42 Å². The molecule has 0 aliphatic carbocycles. The normalized spacial score (nSPS) is 13.2. The van der Waals surface area contributed by atoms with Crippen LogP contribution < -0.4 is 10.1 Å². The highest BCUT2D eigenvalue weighted by atomic mass is 16.5. The first-order valence-electron chi connectivity index (χ1n) is 6.64. The van der Waals surface area contributed by atoms with Crippen molar-refractivity contribution in [2.24, 2.45) is 0 Å². The van der Waals surface area contributed by atoms with Gasteiger partial charge < -0.3 is 10.1 Å². The van der Waals surface area contributed by atoms with Crippen molar-refractivity contribution in [2.75, 3.05) is 11.9 Å². The molecule has 100 valence electrons. The van der Waals surface area contributed by atoms with E-state index in [0.29, 0.717) is 0 Å². The van der Waals surface area contributed by atoms with Gasteiger partial charge >= 0.3 is 0 Å². The molecule has 2 N–H and O–H groups in total. The molecule has 3 heterocycles. The highest BCUT2D eigenvalue weighted by Gasteiger charge is 2.17. The van der Waals surface area contributed by atoms with Gasteiger partial charge in [0.1, 0.15) is 11.6 Å². The monoisotopic (exact) mass is 266 g/mol. The van der Waals surface area contributed by atoms with Crippen molar-refractivity contribution in [3.63, 3.8) is 0 Å². The fourth-order valence-corrected chi connectivity index (χ4v) is 2.66. The van der Waals surface area contributed by atoms with Crippen molar-refractivity contribution >= 4 is 22.4 Å². The molecule has 0 saturated carbocycles. The second kappa shape index (κ2) is 4.23. The quantitative estimate of drug-likeness (QED) is 0.748. The predicted octanol–water partition coefficient (Wildman–Crippen LogP) is 2.94. The largest absolute Gasteiger partial charge is 0.491 e. The molecule has 20 heavy (non-hydrogen) atoms. The molecule has 1 aromatic carbocycles. The molecular weight excluding hydrogens is 252 g/mol. The van der Waals surface area contributed by atoms with Crippen LogP contribution in [0.5, 0.6) is 5.75 Å². The van der Waals surface area contributed by atoms with Gasteiger partial charge in [0.2, 0.25) is 0 Å². The van der Waals surface area contributed by atoms with Crippen molar-refractivity contribution in [1.82, 2.24) is 15.2 Å². The number of pyridine rings is 1. The number of H-pyrrole nitrogens is 1. The molecule has 2 aromatic heterocycles. The van der Waals surface area contributed by atoms with Crippen LogP contribution in [0.25, 0.3) is 10.9 Å². The van der Waals surface area contributed by atoms with E-state index in [4.69, 9.17) is 4.74 Å². The molecule has 5 heteroatoms. The lowest BCUT2D eigenvalue weighted by Crippen LogP contribution is -1.97. The Morgan fingerprint density at radius 1 is 1.30 bits per heavy atom. The van der Waals surface area contributed by atoms with E-state index in [1.165, 1.54) is 5.56 Å². The Bertz CT molecular complexity index is 794. The lowest BCUT2D eigenvalue weighted by Gasteiger charge is -2.11. The number of hydrogen-bond acceptors (Lipinski definition) is 4. The molecule has 4 rings (SSSR count). The van der Waals surface area contributed by atoms with Gasteiger partial charge in [-0.1, -0.05) is 12.1 Å². The summed E-state index contributed by atoms with van der Waals surface area (Å²) in [4.78, 5) is 4.43. The number of benzene rings is 1. The van der Waals surface area contributed by atoms with Gasteiger partial charge in [0.25, 0.3) is 0 Å². The Hall–Kier alpha value is -2.56. The minimum Gasteiger partial charge on any atom is -0.491 e. The van der Waals surface area contributed by atoms with Gasteiger partial charge in [-0.2, -0.15) is 5.10 Å². The summed E-state index contributed by atoms with van der Waals surface area (Å²) in [5.74, 6) is 1.74. The maximum Gasteiger partial charge on any atom is 0.146 e. The molecule has 0 spiro atoms. The highest BCUT2D eigenvalue weighted by molar-refractivity contribution is 5.93. The maximum atomic E-state index is 5.71. The third-order valence-corrected chi connectivity index (χ3v) is 3.62. The van der Waals surface area contributed by atoms with Crippen molar-refractivity contribution in [3.8, 4) is 5.75 Å². The molecule has 1 aliphatic heterocycles. The van der Waals surface area contributed by atoms with Crippen LogP contribution in [0, 0.1) is 6.92 Å². The van der Waals surface area contributed by atoms with Crippen molar-refractivity contribution < 1.29 is 4.74 Å². The lowest BCUT2D eigenvalue weighted by atomic mass is 10.1. The van der Waals surface area contributed by atoms with Crippen molar-refractivity contribution in [1.29, 1.82) is 0 Å². The zero-order chi connectivity index (χ0) is 13.5. The van der Waals surface area contributed by atoms with E-state index in [1.54, 1.807) is 6.20 Å². The van der Waals surface area contributed by atoms with E-state index in [2.05, 4.69) is 26.6 Å². The summed E-state index contributed by atoms with van der Waals surface area (Å²) in [6, 6.07) is 8.08. The van der Waals surface area contributed by atoms with Crippen molar-refractivity contribution in [3.05, 3.63) is 41.7 Å². The number of aromatic nitrogens is 3. The fourth-order valence-electron chi connectivity index (χ4n) is 2.66. The zero-order valence-corrected chi connectivity index (χ0v) is 11.1. The van der Waals surface area contributed by atoms with E-state index in [0.717, 1.165) is 46.9 Å². The Kier molecular flexibility index (Phi) is 2.39. The first-order chi connectivity index (χ1) is 9.83. The van der Waals surface area contributed by atoms with Crippen LogP contribution >= 0.6 is 0 Å². The van der Waals surface area contributed by atoms with E-state index in [9.17, 15) is 0 Å². The summed E-state index contributed by atoms with van der Waals surface area (Å²) in [7, 11) is 0. The molecule has 0 bridgehead atoms. The number of aromatic amines is 1. The van der Waals surface area contributed by atoms with Gasteiger partial charge in [0.05, 0.1) is 28.9 Å². The molecule has 0 radical (unpaired) electrons. The molecule has 5 nitrogen and oxygen atoms in total. The third-order valence-electron chi connectivity index (χ3n) is 3.62. The average Bonchev–Trinajstić information content (AvgIpc) is 3.07. The first-order valence-corrected chi connectivity index (χ1v) is 6.64. The van der Waals surface area contributed by atoms with Gasteiger partial charge in [-0.15, -0.1) is 0 Å². The smallest absolute Gasteiger partial charge is 0.146 e. The summed E-state index contributed by atoms with van der Waals surface area (Å²) in [5, 5.41) is 11.6. The van der Waals surface area contributed by atoms with Gasteiger partial charge in [-0.05, 0) is 24.6 Å². The molecule has 0 amide bonds. The summed E-state index contributed by atoms with van der Waals surface area (Å²) in [5.41, 5.74) is 4.12. The van der Waals surface area contributed by atoms with Gasteiger partial charge in [0, 0.05) is 12.6 Å². The number of nitrogens with one attached hydrogen (secondary N) is 2. The second-order valence-electron chi connectivity index (χ2n) is 4.91. The van der Waals surface area contributed by atoms with Crippen LogP contribution in [0.4, 0.5) is 11.5 Å². The summed E-state index contributed by atoms with van der Waals surface area (Å²) < 4.78 is 5.71. The summed E-state index contributed by atoms with van der Waals surface area (Å²) in [6.45, 7) is 2.72. The van der Waals surface area contributed by atoms with Gasteiger partial charge in [-0.3, -0.25) is 5.10 Å². The Balaban J connectivity index is 1.82. The standard InChI is InChI=1S/C15H14N4O/c1-9-13-11(19-18-9)5-7-16-15(13)17-12-4-2-3-10-6-8-20-14(10)12/h2-5,7H,6,8H2,1H3,(H,16,17)(H,18,19). The van der Waals surface area contributed by atoms with Gasteiger partial charge in [0.15, 0.2) is 0 Å². The van der Waals surface area contributed by atoms with Crippen LogP contribution in [0.2, 0.25) is 0 Å². The average molecular weight is 266 g/mol. The summed E-state index contributed by atoms with van der Waals surface area (Å²) >= 11 is 0. The number of fused-ring (bicyclic) bond motifs is 2. The number of nitrogens with zero attached hydrogens (tertiary/aromatic N) is 2. The van der Waals surface area contributed by atoms with Crippen LogP contribution in [0.15, 0.2) is 30.5 Å². The minimum atomic E-state index is 0.746. The lowest BCUT2D eigenvalue weighted by molar-refractivity contribution is 0.358. The second-order valence-corrected chi connectivity index (χ2v) is 4.91. The van der Waals surface area contributed by atoms with Crippen LogP contribution in [-0.4, -0.2) is 21.8 Å². The molecule has 0 atom stereocenters. The number of ether oxygens (including phenoxy) is 1. The third kappa shape index (κ3) is 1.63. The molecule has 0 fully saturated rings. The molecule has 0 saturated heterocycles. The Morgan fingerprint density at radius 3 is 3.20 bits per heavy atom. The molecule has 3 aromatic rings.